The number of nitrogens with one attached hydrogen (secondary N) is 2. The van der Waals surface area contributed by atoms with Crippen LogP contribution in [0.2, 0.25) is 0 Å². The molecule has 12 heteroatoms. The highest BCUT2D eigenvalue weighted by Crippen LogP contribution is 2.34. The number of carbonyl (C=O) groups is 1. The summed E-state index contributed by atoms with van der Waals surface area (Å²) in [5.74, 6) is 1.82. The first-order valence-electron chi connectivity index (χ1n) is 13.1. The molecule has 2 N–H and O–H groups in total. The Labute approximate surface area is 226 Å². The smallest absolute Gasteiger partial charge is 0.350 e. The fraction of sp³-hybridized carbons (Fsp3) is 0.500. The number of esters is 1. The summed E-state index contributed by atoms with van der Waals surface area (Å²) < 4.78 is 10.6. The van der Waals surface area contributed by atoms with Crippen molar-refractivity contribution in [3.8, 4) is 0 Å². The van der Waals surface area contributed by atoms with E-state index in [0.29, 0.717) is 28.3 Å². The van der Waals surface area contributed by atoms with Crippen LogP contribution in [-0.2, 0) is 22.4 Å². The van der Waals surface area contributed by atoms with Crippen molar-refractivity contribution in [3.05, 3.63) is 46.2 Å². The van der Waals surface area contributed by atoms with Gasteiger partial charge in [-0.15, -0.1) is 0 Å². The number of hydrogen-bond acceptors (Lipinski definition) is 12. The molecule has 5 rings (SSSR count). The van der Waals surface area contributed by atoms with Crippen LogP contribution >= 0.6 is 11.3 Å². The van der Waals surface area contributed by atoms with E-state index in [-0.39, 0.29) is 5.97 Å². The number of aromatic nitrogens is 4. The maximum Gasteiger partial charge on any atom is 0.350 e. The molecule has 2 aliphatic heterocycles. The van der Waals surface area contributed by atoms with E-state index in [0.717, 1.165) is 88.1 Å². The van der Waals surface area contributed by atoms with Gasteiger partial charge in [0.2, 0.25) is 5.95 Å². The van der Waals surface area contributed by atoms with Crippen LogP contribution in [0.4, 0.5) is 22.7 Å². The Morgan fingerprint density at radius 1 is 1.21 bits per heavy atom. The Balaban J connectivity index is 1.34. The average molecular weight is 539 g/mol. The summed E-state index contributed by atoms with van der Waals surface area (Å²) in [5.41, 5.74) is 2.87. The molecule has 202 valence electrons. The molecule has 3 aromatic rings. The van der Waals surface area contributed by atoms with Crippen LogP contribution < -0.4 is 15.5 Å². The predicted molar refractivity (Wildman–Crippen MR) is 147 cm³/mol. The molecule has 0 aliphatic carbocycles. The SMILES string of the molecule is CCOC(=O)c1sc(Nc2nc(NCCCN3CCOCC3)c3c(n2)N(Cc2cccnc2)CC3)nc1C. The minimum absolute atomic E-state index is 0.320. The zero-order valence-corrected chi connectivity index (χ0v) is 22.7. The fourth-order valence-electron chi connectivity index (χ4n) is 4.65. The van der Waals surface area contributed by atoms with E-state index < -0.39 is 0 Å². The number of fused-ring (bicyclic) bond motifs is 1. The molecule has 0 spiro atoms. The van der Waals surface area contributed by atoms with Crippen molar-refractivity contribution in [2.75, 3.05) is 68.1 Å². The van der Waals surface area contributed by atoms with Gasteiger partial charge in [0, 0.05) is 50.7 Å². The molecular weight excluding hydrogens is 504 g/mol. The molecule has 0 aromatic carbocycles. The normalized spacial score (nSPS) is 15.4. The van der Waals surface area contributed by atoms with Gasteiger partial charge in [0.25, 0.3) is 0 Å². The second-order valence-electron chi connectivity index (χ2n) is 9.24. The van der Waals surface area contributed by atoms with Gasteiger partial charge in [-0.3, -0.25) is 15.2 Å². The first-order valence-corrected chi connectivity index (χ1v) is 13.9. The van der Waals surface area contributed by atoms with Gasteiger partial charge in [-0.2, -0.15) is 9.97 Å². The van der Waals surface area contributed by atoms with Gasteiger partial charge in [0.1, 0.15) is 16.5 Å². The minimum atomic E-state index is -0.365. The highest BCUT2D eigenvalue weighted by molar-refractivity contribution is 7.17. The zero-order chi connectivity index (χ0) is 26.3. The van der Waals surface area contributed by atoms with Crippen LogP contribution in [-0.4, -0.2) is 83.3 Å². The van der Waals surface area contributed by atoms with Gasteiger partial charge < -0.3 is 19.7 Å². The van der Waals surface area contributed by atoms with Crippen molar-refractivity contribution in [3.63, 3.8) is 0 Å². The third kappa shape index (κ3) is 6.37. The van der Waals surface area contributed by atoms with Gasteiger partial charge in [-0.1, -0.05) is 17.4 Å². The van der Waals surface area contributed by atoms with E-state index in [4.69, 9.17) is 19.4 Å². The van der Waals surface area contributed by atoms with Crippen molar-refractivity contribution in [1.82, 2.24) is 24.8 Å². The highest BCUT2D eigenvalue weighted by Gasteiger charge is 2.27. The maximum atomic E-state index is 12.3. The summed E-state index contributed by atoms with van der Waals surface area (Å²) >= 11 is 1.25. The van der Waals surface area contributed by atoms with E-state index in [1.54, 1.807) is 20.0 Å². The average Bonchev–Trinajstić information content (AvgIpc) is 3.50. The van der Waals surface area contributed by atoms with Crippen LogP contribution in [0.5, 0.6) is 0 Å². The number of hydrogen-bond donors (Lipinski definition) is 2. The lowest BCUT2D eigenvalue weighted by molar-refractivity contribution is 0.0378. The Morgan fingerprint density at radius 3 is 2.87 bits per heavy atom. The van der Waals surface area contributed by atoms with Crippen molar-refractivity contribution >= 4 is 40.0 Å². The Bertz CT molecular complexity index is 1230. The number of aryl methyl sites for hydroxylation is 1. The summed E-state index contributed by atoms with van der Waals surface area (Å²) in [6.07, 6.45) is 5.55. The highest BCUT2D eigenvalue weighted by atomic mass is 32.1. The minimum Gasteiger partial charge on any atom is -0.462 e. The van der Waals surface area contributed by atoms with Crippen LogP contribution in [0.1, 0.15) is 39.8 Å². The topological polar surface area (TPSA) is 118 Å². The molecule has 3 aromatic heterocycles. The monoisotopic (exact) mass is 538 g/mol. The lowest BCUT2D eigenvalue weighted by Gasteiger charge is -2.26. The molecule has 0 amide bonds. The molecule has 0 radical (unpaired) electrons. The second kappa shape index (κ2) is 12.5. The van der Waals surface area contributed by atoms with Gasteiger partial charge in [-0.05, 0) is 44.9 Å². The molecule has 0 atom stereocenters. The number of morpholine rings is 1. The summed E-state index contributed by atoms with van der Waals surface area (Å²) in [7, 11) is 0. The second-order valence-corrected chi connectivity index (χ2v) is 10.2. The van der Waals surface area contributed by atoms with E-state index >= 15 is 0 Å². The zero-order valence-electron chi connectivity index (χ0n) is 21.9. The summed E-state index contributed by atoms with van der Waals surface area (Å²) in [6.45, 7) is 10.9. The van der Waals surface area contributed by atoms with Gasteiger partial charge >= 0.3 is 5.97 Å². The number of pyridine rings is 1. The molecule has 38 heavy (non-hydrogen) atoms. The lowest BCUT2D eigenvalue weighted by atomic mass is 10.2. The lowest BCUT2D eigenvalue weighted by Crippen LogP contribution is -2.37. The van der Waals surface area contributed by atoms with Crippen molar-refractivity contribution < 1.29 is 14.3 Å². The maximum absolute atomic E-state index is 12.3. The number of thiazole rings is 1. The molecular formula is C26H34N8O3S. The third-order valence-corrected chi connectivity index (χ3v) is 7.59. The molecule has 0 unspecified atom stereocenters. The first kappa shape index (κ1) is 26.3. The number of ether oxygens (including phenoxy) is 2. The number of carbonyl (C=O) groups excluding carboxylic acids is 1. The predicted octanol–water partition coefficient (Wildman–Crippen LogP) is 3.25. The van der Waals surface area contributed by atoms with Gasteiger partial charge in [-0.25, -0.2) is 9.78 Å². The van der Waals surface area contributed by atoms with E-state index in [1.165, 1.54) is 11.3 Å². The summed E-state index contributed by atoms with van der Waals surface area (Å²) in [6, 6.07) is 4.03. The van der Waals surface area contributed by atoms with E-state index in [2.05, 4.69) is 36.5 Å². The Kier molecular flexibility index (Phi) is 8.61. The van der Waals surface area contributed by atoms with Crippen molar-refractivity contribution in [2.24, 2.45) is 0 Å². The Morgan fingerprint density at radius 2 is 2.08 bits per heavy atom. The van der Waals surface area contributed by atoms with Crippen LogP contribution in [0, 0.1) is 6.92 Å². The molecule has 5 heterocycles. The summed E-state index contributed by atoms with van der Waals surface area (Å²) in [5, 5.41) is 7.36. The number of anilines is 4. The third-order valence-electron chi connectivity index (χ3n) is 6.54. The number of nitrogens with zero attached hydrogens (tertiary/aromatic N) is 6. The fourth-order valence-corrected chi connectivity index (χ4v) is 5.50. The standard InChI is InChI=1S/C26H34N8O3S/c1-3-37-24(35)21-18(2)29-26(38-21)32-25-30-22(28-9-5-10-33-12-14-36-15-13-33)20-7-11-34(23(20)31-25)17-19-6-4-8-27-16-19/h4,6,8,16H,3,5,7,9-15,17H2,1-2H3,(H2,28,29,30,31,32). The van der Waals surface area contributed by atoms with Gasteiger partial charge in [0.05, 0.1) is 25.5 Å². The molecule has 0 saturated carbocycles. The van der Waals surface area contributed by atoms with Crippen molar-refractivity contribution in [1.29, 1.82) is 0 Å². The van der Waals surface area contributed by atoms with Crippen LogP contribution in [0.15, 0.2) is 24.5 Å². The van der Waals surface area contributed by atoms with Gasteiger partial charge in [0.15, 0.2) is 5.13 Å². The first-order chi connectivity index (χ1) is 18.6. The largest absolute Gasteiger partial charge is 0.462 e. The molecule has 1 saturated heterocycles. The Hall–Kier alpha value is -3.35. The molecule has 0 bridgehead atoms. The van der Waals surface area contributed by atoms with Crippen LogP contribution in [0.3, 0.4) is 0 Å². The van der Waals surface area contributed by atoms with E-state index in [9.17, 15) is 4.79 Å². The van der Waals surface area contributed by atoms with Crippen molar-refractivity contribution in [2.45, 2.75) is 33.2 Å². The van der Waals surface area contributed by atoms with E-state index in [1.807, 2.05) is 12.3 Å². The molecule has 1 fully saturated rings. The number of rotatable bonds is 11. The molecule has 2 aliphatic rings. The van der Waals surface area contributed by atoms with Crippen LogP contribution in [0.25, 0.3) is 0 Å². The molecule has 11 nitrogen and oxygen atoms in total. The quantitative estimate of drug-likeness (QED) is 0.277. The summed E-state index contributed by atoms with van der Waals surface area (Å²) in [4.78, 5) is 35.9.